The van der Waals surface area contributed by atoms with Crippen LogP contribution in [0.15, 0.2) is 60.7 Å². The summed E-state index contributed by atoms with van der Waals surface area (Å²) >= 11 is 0. The van der Waals surface area contributed by atoms with Crippen LogP contribution in [0.3, 0.4) is 0 Å². The molecule has 5 rings (SSSR count). The van der Waals surface area contributed by atoms with Gasteiger partial charge in [-0.05, 0) is 69.0 Å². The van der Waals surface area contributed by atoms with Crippen LogP contribution in [0.2, 0.25) is 0 Å². The van der Waals surface area contributed by atoms with Gasteiger partial charge in [0.1, 0.15) is 18.1 Å². The van der Waals surface area contributed by atoms with Crippen molar-refractivity contribution in [2.24, 2.45) is 0 Å². The fourth-order valence-electron chi connectivity index (χ4n) is 5.43. The lowest BCUT2D eigenvalue weighted by Crippen LogP contribution is -2.56. The van der Waals surface area contributed by atoms with E-state index in [0.29, 0.717) is 35.2 Å². The monoisotopic (exact) mass is 557 g/mol. The van der Waals surface area contributed by atoms with Crippen LogP contribution in [0, 0.1) is 11.3 Å². The van der Waals surface area contributed by atoms with Crippen molar-refractivity contribution in [3.05, 3.63) is 66.3 Å². The average Bonchev–Trinajstić information content (AvgIpc) is 2.98. The van der Waals surface area contributed by atoms with Crippen molar-refractivity contribution in [1.82, 2.24) is 24.8 Å². The Bertz CT molecular complexity index is 1300. The van der Waals surface area contributed by atoms with E-state index in [4.69, 9.17) is 14.2 Å². The van der Waals surface area contributed by atoms with Gasteiger partial charge in [0.05, 0.1) is 37.0 Å². The molecule has 3 aliphatic rings. The SMILES string of the molecule is C=C/C(=C\C=C(/C)Nc1ncnc(-c2ccc(OC3CCC(OC)CC3)c(C#N)c2)n1)N1CCN(C2COC2)CC1. The summed E-state index contributed by atoms with van der Waals surface area (Å²) in [5, 5.41) is 13.0. The zero-order valence-electron chi connectivity index (χ0n) is 24.0. The Morgan fingerprint density at radius 2 is 1.85 bits per heavy atom. The average molecular weight is 558 g/mol. The van der Waals surface area contributed by atoms with E-state index in [-0.39, 0.29) is 6.10 Å². The molecule has 0 atom stereocenters. The zero-order chi connectivity index (χ0) is 28.6. The molecular weight excluding hydrogens is 518 g/mol. The minimum absolute atomic E-state index is 0.0878. The smallest absolute Gasteiger partial charge is 0.230 e. The van der Waals surface area contributed by atoms with Crippen molar-refractivity contribution in [1.29, 1.82) is 5.26 Å². The topological polar surface area (TPSA) is 109 Å². The summed E-state index contributed by atoms with van der Waals surface area (Å²) in [6.07, 6.45) is 11.6. The quantitative estimate of drug-likeness (QED) is 0.428. The molecule has 3 heterocycles. The molecule has 0 unspecified atom stereocenters. The van der Waals surface area contributed by atoms with E-state index in [1.54, 1.807) is 13.2 Å². The second-order valence-corrected chi connectivity index (χ2v) is 10.7. The molecule has 41 heavy (non-hydrogen) atoms. The molecule has 3 fully saturated rings. The van der Waals surface area contributed by atoms with E-state index in [0.717, 1.165) is 82.0 Å². The Labute approximate surface area is 242 Å². The molecule has 1 N–H and O–H groups in total. The first-order chi connectivity index (χ1) is 20.1. The molecule has 10 nitrogen and oxygen atoms in total. The highest BCUT2D eigenvalue weighted by molar-refractivity contribution is 5.62. The molecule has 0 radical (unpaired) electrons. The maximum absolute atomic E-state index is 9.80. The molecule has 216 valence electrons. The van der Waals surface area contributed by atoms with Crippen LogP contribution in [-0.2, 0) is 9.47 Å². The second kappa shape index (κ2) is 13.7. The van der Waals surface area contributed by atoms with Gasteiger partial charge in [0.15, 0.2) is 5.82 Å². The van der Waals surface area contributed by atoms with Crippen LogP contribution in [0.25, 0.3) is 11.4 Å². The van der Waals surface area contributed by atoms with Crippen molar-refractivity contribution in [3.8, 4) is 23.2 Å². The second-order valence-electron chi connectivity index (χ2n) is 10.7. The Morgan fingerprint density at radius 1 is 1.10 bits per heavy atom. The Hall–Kier alpha value is -3.78. The van der Waals surface area contributed by atoms with Crippen LogP contribution < -0.4 is 10.1 Å². The molecule has 0 spiro atoms. The predicted octanol–water partition coefficient (Wildman–Crippen LogP) is 4.15. The normalized spacial score (nSPS) is 22.5. The summed E-state index contributed by atoms with van der Waals surface area (Å²) in [6, 6.07) is 8.33. The Balaban J connectivity index is 1.21. The number of nitriles is 1. The highest BCUT2D eigenvalue weighted by atomic mass is 16.5. The largest absolute Gasteiger partial charge is 0.489 e. The fraction of sp³-hybridized carbons (Fsp3) is 0.484. The maximum atomic E-state index is 9.80. The molecule has 1 aliphatic carbocycles. The molecule has 2 aliphatic heterocycles. The van der Waals surface area contributed by atoms with Gasteiger partial charge in [0, 0.05) is 50.2 Å². The third-order valence-electron chi connectivity index (χ3n) is 8.02. The van der Waals surface area contributed by atoms with Crippen LogP contribution in [0.5, 0.6) is 5.75 Å². The molecule has 10 heteroatoms. The lowest BCUT2D eigenvalue weighted by atomic mass is 9.95. The third kappa shape index (κ3) is 7.30. The van der Waals surface area contributed by atoms with Gasteiger partial charge in [0.25, 0.3) is 0 Å². The molecule has 1 aromatic carbocycles. The number of piperazine rings is 1. The number of nitrogens with zero attached hydrogens (tertiary/aromatic N) is 6. The highest BCUT2D eigenvalue weighted by Gasteiger charge is 2.29. The molecule has 0 amide bonds. The van der Waals surface area contributed by atoms with E-state index in [2.05, 4.69) is 48.8 Å². The summed E-state index contributed by atoms with van der Waals surface area (Å²) in [5.74, 6) is 1.50. The highest BCUT2D eigenvalue weighted by Crippen LogP contribution is 2.29. The zero-order valence-corrected chi connectivity index (χ0v) is 24.0. The van der Waals surface area contributed by atoms with Gasteiger partial charge in [0.2, 0.25) is 5.95 Å². The summed E-state index contributed by atoms with van der Waals surface area (Å²) in [5.41, 5.74) is 3.17. The summed E-state index contributed by atoms with van der Waals surface area (Å²) in [7, 11) is 1.75. The number of rotatable bonds is 10. The number of ether oxygens (including phenoxy) is 3. The van der Waals surface area contributed by atoms with Crippen LogP contribution >= 0.6 is 0 Å². The standard InChI is InChI=1S/C31H39N7O3/c1-4-25(37-13-15-38(16-14-37)26-19-40-20-26)7-5-22(2)35-31-34-21-33-30(36-31)23-6-12-29(24(17-23)18-32)41-28-10-8-27(39-3)9-11-28/h4-7,12,17,21,26-28H,1,8-11,13-16,19-20H2,2-3H3,(H,33,34,35,36)/b22-5+,25-7+. The van der Waals surface area contributed by atoms with Gasteiger partial charge in [-0.2, -0.15) is 10.2 Å². The van der Waals surface area contributed by atoms with Crippen molar-refractivity contribution in [2.75, 3.05) is 51.8 Å². The van der Waals surface area contributed by atoms with Crippen molar-refractivity contribution in [3.63, 3.8) is 0 Å². The number of hydrogen-bond acceptors (Lipinski definition) is 10. The molecule has 1 saturated carbocycles. The first-order valence-electron chi connectivity index (χ1n) is 14.3. The van der Waals surface area contributed by atoms with Crippen LogP contribution in [-0.4, -0.2) is 89.5 Å². The van der Waals surface area contributed by atoms with Gasteiger partial charge in [-0.15, -0.1) is 0 Å². The van der Waals surface area contributed by atoms with Gasteiger partial charge >= 0.3 is 0 Å². The first-order valence-corrected chi connectivity index (χ1v) is 14.3. The van der Waals surface area contributed by atoms with Gasteiger partial charge < -0.3 is 24.4 Å². The molecule has 0 bridgehead atoms. The van der Waals surface area contributed by atoms with Gasteiger partial charge in [-0.3, -0.25) is 4.90 Å². The molecular formula is C31H39N7O3. The van der Waals surface area contributed by atoms with E-state index in [1.807, 2.05) is 31.2 Å². The van der Waals surface area contributed by atoms with Crippen LogP contribution in [0.1, 0.15) is 38.2 Å². The number of allylic oxidation sites excluding steroid dienone is 4. The molecule has 2 saturated heterocycles. The molecule has 1 aromatic heterocycles. The summed E-state index contributed by atoms with van der Waals surface area (Å²) < 4.78 is 17.0. The van der Waals surface area contributed by atoms with E-state index >= 15 is 0 Å². The van der Waals surface area contributed by atoms with Crippen molar-refractivity contribution >= 4 is 5.95 Å². The number of benzene rings is 1. The maximum Gasteiger partial charge on any atom is 0.230 e. The minimum atomic E-state index is 0.0878. The minimum Gasteiger partial charge on any atom is -0.489 e. The number of aromatic nitrogens is 3. The van der Waals surface area contributed by atoms with E-state index < -0.39 is 0 Å². The third-order valence-corrected chi connectivity index (χ3v) is 8.02. The van der Waals surface area contributed by atoms with E-state index in [9.17, 15) is 5.26 Å². The van der Waals surface area contributed by atoms with Crippen LogP contribution in [0.4, 0.5) is 5.95 Å². The van der Waals surface area contributed by atoms with Crippen molar-refractivity contribution < 1.29 is 14.2 Å². The van der Waals surface area contributed by atoms with Gasteiger partial charge in [-0.1, -0.05) is 6.58 Å². The number of nitrogens with one attached hydrogen (secondary N) is 1. The first kappa shape index (κ1) is 28.7. The fourth-order valence-corrected chi connectivity index (χ4v) is 5.43. The number of methoxy groups -OCH3 is 1. The Kier molecular flexibility index (Phi) is 9.62. The number of anilines is 1. The van der Waals surface area contributed by atoms with Crippen molar-refractivity contribution in [2.45, 2.75) is 50.9 Å². The molecule has 2 aromatic rings. The number of hydrogen-bond donors (Lipinski definition) is 1. The Morgan fingerprint density at radius 3 is 2.51 bits per heavy atom. The summed E-state index contributed by atoms with van der Waals surface area (Å²) in [4.78, 5) is 18.1. The van der Waals surface area contributed by atoms with Gasteiger partial charge in [-0.25, -0.2) is 9.97 Å². The lowest BCUT2D eigenvalue weighted by molar-refractivity contribution is -0.0745. The van der Waals surface area contributed by atoms with E-state index in [1.165, 1.54) is 6.33 Å². The summed E-state index contributed by atoms with van der Waals surface area (Å²) in [6.45, 7) is 11.7. The predicted molar refractivity (Wildman–Crippen MR) is 157 cm³/mol. The lowest BCUT2D eigenvalue weighted by Gasteiger charge is -2.43.